The van der Waals surface area contributed by atoms with Gasteiger partial charge in [-0.15, -0.1) is 11.3 Å². The summed E-state index contributed by atoms with van der Waals surface area (Å²) in [5, 5.41) is 0.845. The predicted molar refractivity (Wildman–Crippen MR) is 63.9 cm³/mol. The number of aromatic nitrogens is 1. The van der Waals surface area contributed by atoms with Crippen molar-refractivity contribution in [1.82, 2.24) is 10.4 Å². The monoisotopic (exact) mass is 233 g/mol. The maximum atomic E-state index is 11.6. The number of thiazole rings is 1. The Hall–Kier alpha value is -1.72. The molecule has 1 aromatic carbocycles. The maximum Gasteiger partial charge on any atom is 0.277 e. The average molecular weight is 233 g/mol. The van der Waals surface area contributed by atoms with E-state index in [9.17, 15) is 4.79 Å². The van der Waals surface area contributed by atoms with Crippen LogP contribution in [0, 0.1) is 6.92 Å². The van der Waals surface area contributed by atoms with Gasteiger partial charge in [0.2, 0.25) is 0 Å². The fourth-order valence-electron chi connectivity index (χ4n) is 1.44. The van der Waals surface area contributed by atoms with E-state index < -0.39 is 0 Å². The van der Waals surface area contributed by atoms with Gasteiger partial charge in [0.1, 0.15) is 4.88 Å². The number of rotatable bonds is 2. The van der Waals surface area contributed by atoms with Gasteiger partial charge >= 0.3 is 0 Å². The van der Waals surface area contributed by atoms with Crippen LogP contribution < -0.4 is 11.3 Å². The van der Waals surface area contributed by atoms with E-state index in [2.05, 4.69) is 10.4 Å². The molecule has 0 aliphatic heterocycles. The van der Waals surface area contributed by atoms with Gasteiger partial charge in [0.15, 0.2) is 0 Å². The molecule has 0 unspecified atom stereocenters. The van der Waals surface area contributed by atoms with Crippen molar-refractivity contribution < 1.29 is 4.79 Å². The molecule has 16 heavy (non-hydrogen) atoms. The molecule has 0 bridgehead atoms. The minimum atomic E-state index is -0.301. The van der Waals surface area contributed by atoms with E-state index in [1.807, 2.05) is 37.3 Å². The maximum absolute atomic E-state index is 11.6. The Bertz CT molecular complexity index is 507. The summed E-state index contributed by atoms with van der Waals surface area (Å²) in [7, 11) is 0. The van der Waals surface area contributed by atoms with Gasteiger partial charge in [0, 0.05) is 5.56 Å². The second kappa shape index (κ2) is 4.42. The van der Waals surface area contributed by atoms with Crippen molar-refractivity contribution in [2.75, 3.05) is 0 Å². The van der Waals surface area contributed by atoms with Crippen molar-refractivity contribution in [2.24, 2.45) is 5.84 Å². The molecule has 0 radical (unpaired) electrons. The Kier molecular flexibility index (Phi) is 2.98. The normalized spacial score (nSPS) is 10.1. The Morgan fingerprint density at radius 3 is 2.69 bits per heavy atom. The summed E-state index contributed by atoms with van der Waals surface area (Å²) >= 11 is 1.34. The smallest absolute Gasteiger partial charge is 0.277 e. The summed E-state index contributed by atoms with van der Waals surface area (Å²) in [6.07, 6.45) is 0. The molecule has 82 valence electrons. The number of nitrogen functional groups attached to an aromatic ring is 1. The summed E-state index contributed by atoms with van der Waals surface area (Å²) in [5.41, 5.74) is 3.74. The van der Waals surface area contributed by atoms with Gasteiger partial charge in [0.05, 0.1) is 10.7 Å². The van der Waals surface area contributed by atoms with Crippen LogP contribution in [0.25, 0.3) is 11.3 Å². The average Bonchev–Trinajstić information content (AvgIpc) is 2.71. The number of aryl methyl sites for hydroxylation is 1. The molecular formula is C11H11N3OS. The number of hydrogen-bond acceptors (Lipinski definition) is 4. The lowest BCUT2D eigenvalue weighted by Gasteiger charge is -2.00. The molecule has 2 aromatic rings. The molecule has 1 amide bonds. The van der Waals surface area contributed by atoms with Gasteiger partial charge in [-0.1, -0.05) is 30.3 Å². The minimum Gasteiger partial charge on any atom is -0.289 e. The van der Waals surface area contributed by atoms with Crippen LogP contribution in [0.15, 0.2) is 30.3 Å². The first-order chi connectivity index (χ1) is 7.72. The number of nitrogens with one attached hydrogen (secondary N) is 1. The summed E-state index contributed by atoms with van der Waals surface area (Å²) in [4.78, 5) is 16.5. The number of nitrogens with two attached hydrogens (primary N) is 1. The molecule has 1 aromatic heterocycles. The van der Waals surface area contributed by atoms with Crippen molar-refractivity contribution in [3.63, 3.8) is 0 Å². The van der Waals surface area contributed by atoms with Gasteiger partial charge in [-0.2, -0.15) is 0 Å². The lowest BCUT2D eigenvalue weighted by Crippen LogP contribution is -2.29. The molecule has 0 saturated carbocycles. The molecular weight excluding hydrogens is 222 g/mol. The second-order valence-electron chi connectivity index (χ2n) is 3.25. The molecule has 5 heteroatoms. The second-order valence-corrected chi connectivity index (χ2v) is 4.45. The largest absolute Gasteiger partial charge is 0.289 e. The molecule has 0 spiro atoms. The quantitative estimate of drug-likeness (QED) is 0.471. The van der Waals surface area contributed by atoms with Gasteiger partial charge in [-0.05, 0) is 6.92 Å². The molecule has 2 rings (SSSR count). The highest BCUT2D eigenvalue weighted by atomic mass is 32.1. The first-order valence-corrected chi connectivity index (χ1v) is 5.58. The van der Waals surface area contributed by atoms with E-state index in [0.717, 1.165) is 10.6 Å². The van der Waals surface area contributed by atoms with Crippen LogP contribution in [0.5, 0.6) is 0 Å². The van der Waals surface area contributed by atoms with Crippen LogP contribution in [0.2, 0.25) is 0 Å². The Balaban J connectivity index is 2.53. The molecule has 0 fully saturated rings. The third kappa shape index (κ3) is 1.95. The van der Waals surface area contributed by atoms with Crippen LogP contribution in [0.1, 0.15) is 14.7 Å². The Labute approximate surface area is 97.1 Å². The number of hydrogen-bond donors (Lipinski definition) is 2. The van der Waals surface area contributed by atoms with Crippen molar-refractivity contribution in [2.45, 2.75) is 6.92 Å². The molecule has 1 heterocycles. The zero-order valence-corrected chi connectivity index (χ0v) is 9.54. The summed E-state index contributed by atoms with van der Waals surface area (Å²) in [5.74, 6) is 4.84. The van der Waals surface area contributed by atoms with Crippen molar-refractivity contribution in [1.29, 1.82) is 0 Å². The van der Waals surface area contributed by atoms with Crippen LogP contribution in [0.3, 0.4) is 0 Å². The number of carbonyl (C=O) groups is 1. The third-order valence-electron chi connectivity index (χ3n) is 2.12. The third-order valence-corrected chi connectivity index (χ3v) is 3.09. The molecule has 0 aliphatic carbocycles. The zero-order chi connectivity index (χ0) is 11.5. The minimum absolute atomic E-state index is 0.301. The van der Waals surface area contributed by atoms with Crippen LogP contribution in [-0.2, 0) is 0 Å². The Morgan fingerprint density at radius 1 is 1.38 bits per heavy atom. The first kappa shape index (κ1) is 10.8. The summed E-state index contributed by atoms with van der Waals surface area (Å²) in [6, 6.07) is 9.58. The summed E-state index contributed by atoms with van der Waals surface area (Å²) in [6.45, 7) is 1.87. The number of carbonyl (C=O) groups excluding carboxylic acids is 1. The van der Waals surface area contributed by atoms with Crippen LogP contribution >= 0.6 is 11.3 Å². The zero-order valence-electron chi connectivity index (χ0n) is 8.73. The number of benzene rings is 1. The molecule has 0 saturated heterocycles. The standard InChI is InChI=1S/C11H11N3OS/c1-7-13-9(8-5-3-2-4-6-8)10(16-7)11(15)14-12/h2-6H,12H2,1H3,(H,14,15). The van der Waals surface area contributed by atoms with Crippen LogP contribution in [-0.4, -0.2) is 10.9 Å². The lowest BCUT2D eigenvalue weighted by molar-refractivity contribution is 0.0958. The fraction of sp³-hybridized carbons (Fsp3) is 0.0909. The van der Waals surface area contributed by atoms with Crippen molar-refractivity contribution in [3.05, 3.63) is 40.2 Å². The van der Waals surface area contributed by atoms with Gasteiger partial charge in [0.25, 0.3) is 5.91 Å². The van der Waals surface area contributed by atoms with E-state index in [4.69, 9.17) is 5.84 Å². The van der Waals surface area contributed by atoms with E-state index in [-0.39, 0.29) is 5.91 Å². The number of nitrogens with zero attached hydrogens (tertiary/aromatic N) is 1. The highest BCUT2D eigenvalue weighted by molar-refractivity contribution is 7.14. The fourth-order valence-corrected chi connectivity index (χ4v) is 2.28. The lowest BCUT2D eigenvalue weighted by atomic mass is 10.1. The van der Waals surface area contributed by atoms with Gasteiger partial charge in [-0.3, -0.25) is 10.2 Å². The van der Waals surface area contributed by atoms with Crippen LogP contribution in [0.4, 0.5) is 0 Å². The van der Waals surface area contributed by atoms with E-state index >= 15 is 0 Å². The molecule has 4 nitrogen and oxygen atoms in total. The SMILES string of the molecule is Cc1nc(-c2ccccc2)c(C(=O)NN)s1. The predicted octanol–water partition coefficient (Wildman–Crippen LogP) is 1.72. The molecule has 0 atom stereocenters. The molecule has 3 N–H and O–H groups in total. The number of amides is 1. The topological polar surface area (TPSA) is 68.0 Å². The van der Waals surface area contributed by atoms with Gasteiger partial charge in [-0.25, -0.2) is 10.8 Å². The first-order valence-electron chi connectivity index (χ1n) is 4.76. The van der Waals surface area contributed by atoms with Gasteiger partial charge < -0.3 is 0 Å². The highest BCUT2D eigenvalue weighted by Gasteiger charge is 2.16. The van der Waals surface area contributed by atoms with E-state index in [0.29, 0.717) is 10.6 Å². The Morgan fingerprint density at radius 2 is 2.06 bits per heavy atom. The van der Waals surface area contributed by atoms with Crippen molar-refractivity contribution in [3.8, 4) is 11.3 Å². The van der Waals surface area contributed by atoms with E-state index in [1.54, 1.807) is 0 Å². The van der Waals surface area contributed by atoms with Crippen molar-refractivity contribution >= 4 is 17.2 Å². The summed E-state index contributed by atoms with van der Waals surface area (Å²) < 4.78 is 0. The molecule has 0 aliphatic rings. The highest BCUT2D eigenvalue weighted by Crippen LogP contribution is 2.27. The van der Waals surface area contributed by atoms with E-state index in [1.165, 1.54) is 11.3 Å². The number of hydrazine groups is 1.